The van der Waals surface area contributed by atoms with Crippen molar-refractivity contribution in [2.24, 2.45) is 5.92 Å². The van der Waals surface area contributed by atoms with Gasteiger partial charge in [-0.15, -0.1) is 0 Å². The summed E-state index contributed by atoms with van der Waals surface area (Å²) in [4.78, 5) is 24.2. The topological polar surface area (TPSA) is 77.8 Å². The lowest BCUT2D eigenvalue weighted by Gasteiger charge is -2.13. The van der Waals surface area contributed by atoms with Crippen LogP contribution in [-0.2, 0) is 6.54 Å². The minimum atomic E-state index is -1.07. The zero-order valence-electron chi connectivity index (χ0n) is 12.5. The molecule has 0 saturated heterocycles. The number of hydrogen-bond acceptors (Lipinski definition) is 4. The normalized spacial score (nSPS) is 14.1. The maximum absolute atomic E-state index is 12.6. The van der Waals surface area contributed by atoms with Gasteiger partial charge in [-0.25, -0.2) is 4.79 Å². The number of carboxylic acids is 1. The number of hydrogen-bond donors (Lipinski definition) is 1. The highest BCUT2D eigenvalue weighted by Crippen LogP contribution is 2.33. The molecule has 0 aliphatic heterocycles. The van der Waals surface area contributed by atoms with Gasteiger partial charge in [0.2, 0.25) is 0 Å². The number of rotatable bonds is 5. The average molecular weight is 303 g/mol. The number of ether oxygens (including phenoxy) is 2. The lowest BCUT2D eigenvalue weighted by atomic mass is 10.1. The molecule has 2 aromatic rings. The molecule has 22 heavy (non-hydrogen) atoms. The van der Waals surface area contributed by atoms with Crippen LogP contribution in [0.1, 0.15) is 23.2 Å². The van der Waals surface area contributed by atoms with Gasteiger partial charge in [0.1, 0.15) is 0 Å². The Hall–Kier alpha value is -2.50. The van der Waals surface area contributed by atoms with Crippen molar-refractivity contribution in [1.29, 1.82) is 0 Å². The minimum absolute atomic E-state index is 0.0937. The van der Waals surface area contributed by atoms with E-state index in [1.165, 1.54) is 25.0 Å². The van der Waals surface area contributed by atoms with Crippen LogP contribution >= 0.6 is 0 Å². The fourth-order valence-electron chi connectivity index (χ4n) is 2.60. The molecule has 0 radical (unpaired) electrons. The van der Waals surface area contributed by atoms with Crippen LogP contribution in [0, 0.1) is 5.92 Å². The van der Waals surface area contributed by atoms with E-state index in [-0.39, 0.29) is 11.1 Å². The van der Waals surface area contributed by atoms with Gasteiger partial charge < -0.3 is 19.1 Å². The molecule has 0 amide bonds. The summed E-state index contributed by atoms with van der Waals surface area (Å²) in [6.45, 7) is 0.559. The van der Waals surface area contributed by atoms with Crippen LogP contribution in [0.3, 0.4) is 0 Å². The maximum Gasteiger partial charge on any atom is 0.337 e. The van der Waals surface area contributed by atoms with E-state index < -0.39 is 5.97 Å². The van der Waals surface area contributed by atoms with Gasteiger partial charge in [-0.05, 0) is 30.9 Å². The van der Waals surface area contributed by atoms with Gasteiger partial charge in [0.25, 0.3) is 5.56 Å². The van der Waals surface area contributed by atoms with Crippen molar-refractivity contribution in [3.63, 3.8) is 0 Å². The highest BCUT2D eigenvalue weighted by molar-refractivity contribution is 6.04. The second-order valence-corrected chi connectivity index (χ2v) is 5.50. The van der Waals surface area contributed by atoms with Crippen molar-refractivity contribution >= 4 is 16.7 Å². The zero-order chi connectivity index (χ0) is 15.9. The Morgan fingerprint density at radius 2 is 1.82 bits per heavy atom. The van der Waals surface area contributed by atoms with Gasteiger partial charge in [0, 0.05) is 18.1 Å². The van der Waals surface area contributed by atoms with Crippen molar-refractivity contribution in [3.8, 4) is 11.5 Å². The van der Waals surface area contributed by atoms with Crippen LogP contribution in [0.4, 0.5) is 0 Å². The Morgan fingerprint density at radius 1 is 1.23 bits per heavy atom. The fourth-order valence-corrected chi connectivity index (χ4v) is 2.60. The van der Waals surface area contributed by atoms with E-state index in [1.54, 1.807) is 12.1 Å². The standard InChI is InChI=1S/C16H17NO5/c1-21-13-5-10-11(6-14(13)22-2)15(18)17(7-9-3-4-9)8-12(10)16(19)20/h5-6,8-9H,3-4,7H2,1-2H3,(H,19,20). The third-order valence-electron chi connectivity index (χ3n) is 3.97. The first-order chi connectivity index (χ1) is 10.5. The molecule has 0 bridgehead atoms. The molecule has 6 heteroatoms. The number of benzene rings is 1. The van der Waals surface area contributed by atoms with Crippen molar-refractivity contribution in [2.45, 2.75) is 19.4 Å². The molecule has 116 valence electrons. The lowest BCUT2D eigenvalue weighted by Crippen LogP contribution is -2.23. The monoisotopic (exact) mass is 303 g/mol. The molecule has 1 aliphatic carbocycles. The maximum atomic E-state index is 12.6. The summed E-state index contributed by atoms with van der Waals surface area (Å²) >= 11 is 0. The van der Waals surface area contributed by atoms with Gasteiger partial charge in [0.15, 0.2) is 11.5 Å². The Balaban J connectivity index is 2.31. The zero-order valence-corrected chi connectivity index (χ0v) is 12.5. The van der Waals surface area contributed by atoms with E-state index >= 15 is 0 Å². The first-order valence-electron chi connectivity index (χ1n) is 7.07. The molecule has 0 atom stereocenters. The van der Waals surface area contributed by atoms with Crippen LogP contribution in [-0.4, -0.2) is 29.9 Å². The molecule has 6 nitrogen and oxygen atoms in total. The largest absolute Gasteiger partial charge is 0.493 e. The van der Waals surface area contributed by atoms with Crippen LogP contribution in [0.15, 0.2) is 23.1 Å². The van der Waals surface area contributed by atoms with Crippen molar-refractivity contribution in [1.82, 2.24) is 4.57 Å². The molecule has 1 aromatic heterocycles. The SMILES string of the molecule is COc1cc2c(C(=O)O)cn(CC3CC3)c(=O)c2cc1OC. The van der Waals surface area contributed by atoms with Crippen LogP contribution in [0.25, 0.3) is 10.8 Å². The smallest absolute Gasteiger partial charge is 0.337 e. The minimum Gasteiger partial charge on any atom is -0.493 e. The molecule has 1 saturated carbocycles. The molecule has 1 fully saturated rings. The molecule has 0 spiro atoms. The van der Waals surface area contributed by atoms with Gasteiger partial charge in [0.05, 0.1) is 25.2 Å². The summed E-state index contributed by atoms with van der Waals surface area (Å²) in [6.07, 6.45) is 3.59. The molecule has 1 heterocycles. The summed E-state index contributed by atoms with van der Waals surface area (Å²) in [6, 6.07) is 3.09. The number of pyridine rings is 1. The number of carboxylic acid groups (broad SMARTS) is 1. The Bertz CT molecular complexity index is 804. The molecular weight excluding hydrogens is 286 g/mol. The van der Waals surface area contributed by atoms with Crippen molar-refractivity contribution in [2.75, 3.05) is 14.2 Å². The van der Waals surface area contributed by atoms with Crippen molar-refractivity contribution in [3.05, 3.63) is 34.2 Å². The van der Waals surface area contributed by atoms with E-state index in [0.29, 0.717) is 34.7 Å². The average Bonchev–Trinajstić information content (AvgIpc) is 3.32. The summed E-state index contributed by atoms with van der Waals surface area (Å²) in [5.74, 6) is 0.211. The van der Waals surface area contributed by atoms with Gasteiger partial charge in [-0.1, -0.05) is 0 Å². The first kappa shape index (κ1) is 14.4. The molecule has 1 aliphatic rings. The van der Waals surface area contributed by atoms with E-state index in [0.717, 1.165) is 12.8 Å². The Kier molecular flexibility index (Phi) is 3.52. The lowest BCUT2D eigenvalue weighted by molar-refractivity contribution is 0.0698. The number of nitrogens with zero attached hydrogens (tertiary/aromatic N) is 1. The van der Waals surface area contributed by atoms with E-state index in [2.05, 4.69) is 0 Å². The van der Waals surface area contributed by atoms with E-state index in [4.69, 9.17) is 9.47 Å². The third kappa shape index (κ3) is 2.41. The Morgan fingerprint density at radius 3 is 2.32 bits per heavy atom. The number of carbonyl (C=O) groups is 1. The van der Waals surface area contributed by atoms with Gasteiger partial charge in [-0.3, -0.25) is 4.79 Å². The fraction of sp³-hybridized carbons (Fsp3) is 0.375. The third-order valence-corrected chi connectivity index (χ3v) is 3.97. The van der Waals surface area contributed by atoms with Crippen LogP contribution in [0.2, 0.25) is 0 Å². The highest BCUT2D eigenvalue weighted by Gasteiger charge is 2.24. The highest BCUT2D eigenvalue weighted by atomic mass is 16.5. The second-order valence-electron chi connectivity index (χ2n) is 5.50. The predicted molar refractivity (Wildman–Crippen MR) is 81.0 cm³/mol. The molecule has 3 rings (SSSR count). The second kappa shape index (κ2) is 5.36. The van der Waals surface area contributed by atoms with Gasteiger partial charge in [-0.2, -0.15) is 0 Å². The molecular formula is C16H17NO5. The van der Waals surface area contributed by atoms with Crippen LogP contribution < -0.4 is 15.0 Å². The quantitative estimate of drug-likeness (QED) is 0.915. The van der Waals surface area contributed by atoms with Crippen molar-refractivity contribution < 1.29 is 19.4 Å². The number of aromatic carboxylic acids is 1. The number of fused-ring (bicyclic) bond motifs is 1. The predicted octanol–water partition coefficient (Wildman–Crippen LogP) is 2.13. The summed E-state index contributed by atoms with van der Waals surface area (Å²) < 4.78 is 11.9. The number of aromatic nitrogens is 1. The van der Waals surface area contributed by atoms with E-state index in [9.17, 15) is 14.7 Å². The van der Waals surface area contributed by atoms with Gasteiger partial charge >= 0.3 is 5.97 Å². The molecule has 1 N–H and O–H groups in total. The summed E-state index contributed by atoms with van der Waals surface area (Å²) in [7, 11) is 2.95. The molecule has 0 unspecified atom stereocenters. The van der Waals surface area contributed by atoms with Crippen LogP contribution in [0.5, 0.6) is 11.5 Å². The first-order valence-corrected chi connectivity index (χ1v) is 7.07. The number of methoxy groups -OCH3 is 2. The Labute approximate surface area is 126 Å². The molecule has 1 aromatic carbocycles. The summed E-state index contributed by atoms with van der Waals surface area (Å²) in [5.41, 5.74) is -0.107. The summed E-state index contributed by atoms with van der Waals surface area (Å²) in [5, 5.41) is 10.1. The van der Waals surface area contributed by atoms with E-state index in [1.807, 2.05) is 0 Å².